The normalized spacial score (nSPS) is 21.5. The number of dihydropyridines is 1. The highest BCUT2D eigenvalue weighted by atomic mass is 16.5. The number of ketones is 1. The number of ether oxygens (including phenoxy) is 2. The Morgan fingerprint density at radius 2 is 1.48 bits per heavy atom. The van der Waals surface area contributed by atoms with Crippen LogP contribution in [0.25, 0.3) is 0 Å². The van der Waals surface area contributed by atoms with Crippen LogP contribution in [0, 0.1) is 0 Å². The van der Waals surface area contributed by atoms with Crippen LogP contribution in [0.4, 0.5) is 0 Å². The molecule has 5 nitrogen and oxygen atoms in total. The Kier molecular flexibility index (Phi) is 7.54. The average molecular weight is 534 g/mol. The number of hydrogen-bond acceptors (Lipinski definition) is 5. The van der Waals surface area contributed by atoms with E-state index in [9.17, 15) is 9.59 Å². The first-order chi connectivity index (χ1) is 19.6. The summed E-state index contributed by atoms with van der Waals surface area (Å²) in [5, 5.41) is 3.48. The molecule has 0 aromatic heterocycles. The van der Waals surface area contributed by atoms with E-state index in [1.54, 1.807) is 0 Å². The number of esters is 1. The van der Waals surface area contributed by atoms with Crippen LogP contribution >= 0.6 is 0 Å². The van der Waals surface area contributed by atoms with Crippen molar-refractivity contribution in [3.05, 3.63) is 119 Å². The Morgan fingerprint density at radius 3 is 2.23 bits per heavy atom. The topological polar surface area (TPSA) is 64.6 Å². The molecule has 2 aliphatic carbocycles. The van der Waals surface area contributed by atoms with Crippen LogP contribution in [-0.2, 0) is 14.3 Å². The predicted molar refractivity (Wildman–Crippen MR) is 155 cm³/mol. The molecule has 0 amide bonds. The Morgan fingerprint density at radius 1 is 0.800 bits per heavy atom. The fourth-order valence-corrected chi connectivity index (χ4v) is 6.38. The van der Waals surface area contributed by atoms with E-state index >= 15 is 0 Å². The van der Waals surface area contributed by atoms with E-state index in [2.05, 4.69) is 17.4 Å². The van der Waals surface area contributed by atoms with Gasteiger partial charge in [0.1, 0.15) is 17.6 Å². The van der Waals surface area contributed by atoms with Crippen LogP contribution in [-0.4, -0.2) is 17.9 Å². The van der Waals surface area contributed by atoms with Crippen LogP contribution < -0.4 is 10.1 Å². The Balaban J connectivity index is 1.38. The first-order valence-electron chi connectivity index (χ1n) is 14.4. The molecule has 1 saturated carbocycles. The minimum Gasteiger partial charge on any atom is -0.459 e. The second-order valence-corrected chi connectivity index (χ2v) is 11.1. The molecule has 0 bridgehead atoms. The molecule has 6 rings (SSSR count). The summed E-state index contributed by atoms with van der Waals surface area (Å²) in [5.74, 6) is 0.700. The molecule has 0 saturated heterocycles. The van der Waals surface area contributed by atoms with E-state index < -0.39 is 5.92 Å². The maximum Gasteiger partial charge on any atom is 0.337 e. The molecule has 0 spiro atoms. The van der Waals surface area contributed by atoms with Crippen molar-refractivity contribution >= 4 is 11.8 Å². The van der Waals surface area contributed by atoms with Crippen molar-refractivity contribution in [1.29, 1.82) is 0 Å². The predicted octanol–water partition coefficient (Wildman–Crippen LogP) is 7.72. The van der Waals surface area contributed by atoms with Gasteiger partial charge in [-0.3, -0.25) is 4.79 Å². The molecular weight excluding hydrogens is 498 g/mol. The standard InChI is InChI=1S/C35H35NO4/c1-23-32(35(38)40-28-17-9-4-10-18-28)33(25-14-11-19-29(20-25)39-27-15-7-3-8-16-27)34-30(36-23)21-26(22-31(34)37)24-12-5-2-6-13-24/h2-3,5-8,11-16,19-20,26,28,33,36H,4,9-10,17-18,21-22H2,1H3/t26-,33-/m1/s1. The molecule has 0 unspecified atom stereocenters. The molecule has 1 heterocycles. The summed E-state index contributed by atoms with van der Waals surface area (Å²) >= 11 is 0. The lowest BCUT2D eigenvalue weighted by atomic mass is 9.71. The third kappa shape index (κ3) is 5.46. The van der Waals surface area contributed by atoms with Crippen LogP contribution in [0.1, 0.15) is 74.8 Å². The Hall–Kier alpha value is -4.12. The monoisotopic (exact) mass is 533 g/mol. The van der Waals surface area contributed by atoms with Gasteiger partial charge in [-0.2, -0.15) is 0 Å². The van der Waals surface area contributed by atoms with Crippen molar-refractivity contribution < 1.29 is 19.1 Å². The lowest BCUT2D eigenvalue weighted by molar-refractivity contribution is -0.146. The number of Topliss-reactive ketones (excluding diaryl/α,β-unsaturated/α-hetero) is 1. The minimum absolute atomic E-state index is 0.0671. The van der Waals surface area contributed by atoms with Crippen LogP contribution in [0.3, 0.4) is 0 Å². The summed E-state index contributed by atoms with van der Waals surface area (Å²) < 4.78 is 12.2. The molecule has 2 atom stereocenters. The molecule has 3 aliphatic rings. The first kappa shape index (κ1) is 26.1. The summed E-state index contributed by atoms with van der Waals surface area (Å²) in [6.45, 7) is 1.93. The van der Waals surface area contributed by atoms with Gasteiger partial charge >= 0.3 is 5.97 Å². The summed E-state index contributed by atoms with van der Waals surface area (Å²) in [7, 11) is 0. The van der Waals surface area contributed by atoms with Crippen molar-refractivity contribution in [1.82, 2.24) is 5.32 Å². The second kappa shape index (κ2) is 11.5. The number of allylic oxidation sites excluding steroid dienone is 3. The molecule has 1 aliphatic heterocycles. The van der Waals surface area contributed by atoms with Crippen LogP contribution in [0.5, 0.6) is 11.5 Å². The molecule has 3 aromatic carbocycles. The third-order valence-electron chi connectivity index (χ3n) is 8.31. The maximum absolute atomic E-state index is 13.9. The quantitative estimate of drug-likeness (QED) is 0.329. The number of para-hydroxylation sites is 1. The number of rotatable bonds is 6. The molecule has 1 fully saturated rings. The summed E-state index contributed by atoms with van der Waals surface area (Å²) in [5.41, 5.74) is 4.85. The van der Waals surface area contributed by atoms with Crippen molar-refractivity contribution in [2.45, 2.75) is 69.8 Å². The molecule has 1 N–H and O–H groups in total. The number of carbonyl (C=O) groups is 2. The molecule has 0 radical (unpaired) electrons. The highest BCUT2D eigenvalue weighted by Gasteiger charge is 2.42. The molecule has 204 valence electrons. The lowest BCUT2D eigenvalue weighted by Crippen LogP contribution is -2.37. The fourth-order valence-electron chi connectivity index (χ4n) is 6.38. The molecule has 40 heavy (non-hydrogen) atoms. The zero-order valence-electron chi connectivity index (χ0n) is 22.9. The van der Waals surface area contributed by atoms with E-state index in [1.807, 2.05) is 79.7 Å². The van der Waals surface area contributed by atoms with Crippen molar-refractivity contribution in [2.24, 2.45) is 0 Å². The third-order valence-corrected chi connectivity index (χ3v) is 8.31. The minimum atomic E-state index is -0.518. The second-order valence-electron chi connectivity index (χ2n) is 11.1. The molecule has 3 aromatic rings. The Bertz CT molecular complexity index is 1450. The van der Waals surface area contributed by atoms with Crippen LogP contribution in [0.15, 0.2) is 107 Å². The fraction of sp³-hybridized carbons (Fsp3) is 0.314. The van der Waals surface area contributed by atoms with Gasteiger partial charge in [-0.1, -0.05) is 67.1 Å². The number of benzene rings is 3. The van der Waals surface area contributed by atoms with Gasteiger partial charge in [-0.15, -0.1) is 0 Å². The number of hydrogen-bond donors (Lipinski definition) is 1. The maximum atomic E-state index is 13.9. The Labute approximate surface area is 235 Å². The van der Waals surface area contributed by atoms with Crippen molar-refractivity contribution in [2.75, 3.05) is 0 Å². The van der Waals surface area contributed by atoms with Gasteiger partial charge in [0.15, 0.2) is 5.78 Å². The number of carbonyl (C=O) groups excluding carboxylic acids is 2. The van der Waals surface area contributed by atoms with Gasteiger partial charge < -0.3 is 14.8 Å². The van der Waals surface area contributed by atoms with E-state index in [0.29, 0.717) is 29.7 Å². The van der Waals surface area contributed by atoms with Crippen molar-refractivity contribution in [3.8, 4) is 11.5 Å². The van der Waals surface area contributed by atoms with E-state index in [1.165, 1.54) is 6.42 Å². The van der Waals surface area contributed by atoms with Gasteiger partial charge in [0.05, 0.1) is 5.57 Å². The summed E-state index contributed by atoms with van der Waals surface area (Å²) in [4.78, 5) is 27.8. The highest BCUT2D eigenvalue weighted by molar-refractivity contribution is 6.04. The van der Waals surface area contributed by atoms with E-state index in [0.717, 1.165) is 54.0 Å². The number of nitrogens with one attached hydrogen (secondary N) is 1. The zero-order chi connectivity index (χ0) is 27.5. The SMILES string of the molecule is CC1=C(C(=O)OC2CCCCC2)[C@@H](c2cccc(Oc3ccccc3)c2)C2=C(C[C@@H](c3ccccc3)CC2=O)N1. The van der Waals surface area contributed by atoms with Crippen LogP contribution in [0.2, 0.25) is 0 Å². The van der Waals surface area contributed by atoms with E-state index in [4.69, 9.17) is 9.47 Å². The van der Waals surface area contributed by atoms with Gasteiger partial charge in [-0.25, -0.2) is 4.79 Å². The van der Waals surface area contributed by atoms with Gasteiger partial charge in [0, 0.05) is 29.3 Å². The van der Waals surface area contributed by atoms with Gasteiger partial charge in [0.2, 0.25) is 0 Å². The molecular formula is C35H35NO4. The highest BCUT2D eigenvalue weighted by Crippen LogP contribution is 2.46. The summed E-state index contributed by atoms with van der Waals surface area (Å²) in [6.07, 6.45) is 6.16. The lowest BCUT2D eigenvalue weighted by Gasteiger charge is -2.37. The zero-order valence-corrected chi connectivity index (χ0v) is 22.9. The van der Waals surface area contributed by atoms with E-state index in [-0.39, 0.29) is 23.8 Å². The van der Waals surface area contributed by atoms with Gasteiger partial charge in [0.25, 0.3) is 0 Å². The van der Waals surface area contributed by atoms with Crippen molar-refractivity contribution in [3.63, 3.8) is 0 Å². The largest absolute Gasteiger partial charge is 0.459 e. The smallest absolute Gasteiger partial charge is 0.337 e. The molecule has 5 heteroatoms. The average Bonchev–Trinajstić information content (AvgIpc) is 2.98. The summed E-state index contributed by atoms with van der Waals surface area (Å²) in [6, 6.07) is 27.6. The van der Waals surface area contributed by atoms with Gasteiger partial charge in [-0.05, 0) is 80.3 Å². The first-order valence-corrected chi connectivity index (χ1v) is 14.4.